The van der Waals surface area contributed by atoms with E-state index in [0.29, 0.717) is 19.5 Å². The second-order valence-corrected chi connectivity index (χ2v) is 10.3. The Kier molecular flexibility index (Phi) is 7.31. The summed E-state index contributed by atoms with van der Waals surface area (Å²) >= 11 is 0. The predicted molar refractivity (Wildman–Crippen MR) is 117 cm³/mol. The summed E-state index contributed by atoms with van der Waals surface area (Å²) in [6.07, 6.45) is 3.84. The van der Waals surface area contributed by atoms with Crippen LogP contribution in [0.1, 0.15) is 44.9 Å². The lowest BCUT2D eigenvalue weighted by atomic mass is 10.1. The van der Waals surface area contributed by atoms with Crippen LogP contribution in [0.5, 0.6) is 0 Å². The Hall–Kier alpha value is -2.19. The third kappa shape index (κ3) is 5.49. The van der Waals surface area contributed by atoms with E-state index in [9.17, 15) is 13.2 Å². The molecule has 8 heteroatoms. The Balaban J connectivity index is 1.83. The number of hydrogen-bond acceptors (Lipinski definition) is 5. The van der Waals surface area contributed by atoms with Crippen molar-refractivity contribution in [1.82, 2.24) is 19.8 Å². The van der Waals surface area contributed by atoms with Gasteiger partial charge in [0.05, 0.1) is 17.6 Å². The number of rotatable bonds is 10. The number of sulfone groups is 1. The zero-order valence-corrected chi connectivity index (χ0v) is 18.9. The van der Waals surface area contributed by atoms with Crippen LogP contribution in [0.2, 0.25) is 0 Å². The number of carbonyl (C=O) groups is 1. The van der Waals surface area contributed by atoms with Gasteiger partial charge in [-0.3, -0.25) is 9.69 Å². The van der Waals surface area contributed by atoms with Crippen LogP contribution in [0.4, 0.5) is 0 Å². The number of hydrogen-bond donors (Lipinski definition) is 1. The van der Waals surface area contributed by atoms with Gasteiger partial charge in [0.1, 0.15) is 0 Å². The number of aromatic nitrogens is 2. The normalized spacial score (nSPS) is 17.1. The molecular weight excluding hydrogens is 400 g/mol. The molecule has 1 fully saturated rings. The summed E-state index contributed by atoms with van der Waals surface area (Å²) in [5, 5.41) is 3.17. The fourth-order valence-electron chi connectivity index (χ4n) is 3.78. The van der Waals surface area contributed by atoms with Crippen LogP contribution in [-0.4, -0.2) is 53.2 Å². The van der Waals surface area contributed by atoms with E-state index in [-0.39, 0.29) is 28.9 Å². The van der Waals surface area contributed by atoms with E-state index in [2.05, 4.69) is 29.0 Å². The Morgan fingerprint density at radius 3 is 2.60 bits per heavy atom. The zero-order valence-electron chi connectivity index (χ0n) is 18.0. The zero-order chi connectivity index (χ0) is 21.7. The topological polar surface area (TPSA) is 84.3 Å². The van der Waals surface area contributed by atoms with Crippen molar-refractivity contribution in [2.45, 2.75) is 70.4 Å². The third-order valence-corrected chi connectivity index (χ3v) is 7.30. The minimum Gasteiger partial charge on any atom is -0.352 e. The standard InChI is InChI=1S/C22H32N4O3S/c1-4-30(28,29)22-23-14-20(26(22)13-12-18-8-6-5-7-9-18)16-25(17(2)3)15-19-10-11-21(27)24-19/h5-9,14,17,19H,4,10-13,15-16H2,1-3H3,(H,24,27)/t19-/m1/s1. The van der Waals surface area contributed by atoms with Crippen LogP contribution in [0.3, 0.4) is 0 Å². The molecule has 0 aliphatic carbocycles. The number of nitrogens with zero attached hydrogens (tertiary/aromatic N) is 3. The molecule has 1 aromatic heterocycles. The van der Waals surface area contributed by atoms with Gasteiger partial charge >= 0.3 is 0 Å². The summed E-state index contributed by atoms with van der Waals surface area (Å²) < 4.78 is 27.1. The lowest BCUT2D eigenvalue weighted by Gasteiger charge is -2.29. The molecule has 1 saturated heterocycles. The van der Waals surface area contributed by atoms with E-state index in [4.69, 9.17) is 0 Å². The van der Waals surface area contributed by atoms with Crippen molar-refractivity contribution >= 4 is 15.7 Å². The molecule has 2 heterocycles. The monoisotopic (exact) mass is 432 g/mol. The van der Waals surface area contributed by atoms with Gasteiger partial charge in [-0.1, -0.05) is 37.3 Å². The molecule has 1 aliphatic heterocycles. The van der Waals surface area contributed by atoms with E-state index in [1.165, 1.54) is 0 Å². The van der Waals surface area contributed by atoms with Crippen LogP contribution >= 0.6 is 0 Å². The van der Waals surface area contributed by atoms with Gasteiger partial charge in [0.15, 0.2) is 0 Å². The SMILES string of the molecule is CCS(=O)(=O)c1ncc(CN(C[C@H]2CCC(=O)N2)C(C)C)n1CCc1ccccc1. The Labute approximate surface area is 179 Å². The summed E-state index contributed by atoms with van der Waals surface area (Å²) in [6, 6.07) is 10.4. The van der Waals surface area contributed by atoms with Crippen molar-refractivity contribution in [3.05, 3.63) is 47.8 Å². The molecule has 30 heavy (non-hydrogen) atoms. The first-order valence-corrected chi connectivity index (χ1v) is 12.3. The summed E-state index contributed by atoms with van der Waals surface area (Å²) in [4.78, 5) is 18.2. The van der Waals surface area contributed by atoms with Gasteiger partial charge in [-0.2, -0.15) is 0 Å². The Bertz CT molecular complexity index is 954. The van der Waals surface area contributed by atoms with Crippen LogP contribution in [0.25, 0.3) is 0 Å². The summed E-state index contributed by atoms with van der Waals surface area (Å²) in [5.74, 6) is 0.129. The van der Waals surface area contributed by atoms with E-state index >= 15 is 0 Å². The number of nitrogens with one attached hydrogen (secondary N) is 1. The summed E-state index contributed by atoms with van der Waals surface area (Å²) in [6.45, 7) is 7.76. The maximum absolute atomic E-state index is 12.6. The van der Waals surface area contributed by atoms with Crippen LogP contribution < -0.4 is 5.32 Å². The second kappa shape index (κ2) is 9.75. The van der Waals surface area contributed by atoms with Gasteiger partial charge in [-0.25, -0.2) is 13.4 Å². The molecule has 1 amide bonds. The molecule has 0 saturated carbocycles. The first-order chi connectivity index (χ1) is 14.3. The second-order valence-electron chi connectivity index (χ2n) is 8.15. The molecule has 0 unspecified atom stereocenters. The van der Waals surface area contributed by atoms with Crippen LogP contribution in [0, 0.1) is 0 Å². The average molecular weight is 433 g/mol. The highest BCUT2D eigenvalue weighted by Gasteiger charge is 2.27. The van der Waals surface area contributed by atoms with Crippen LogP contribution in [-0.2, 0) is 34.1 Å². The smallest absolute Gasteiger partial charge is 0.227 e. The van der Waals surface area contributed by atoms with Gasteiger partial charge in [0.2, 0.25) is 20.9 Å². The molecule has 1 atom stereocenters. The summed E-state index contributed by atoms with van der Waals surface area (Å²) in [7, 11) is -3.42. The minimum atomic E-state index is -3.42. The van der Waals surface area contributed by atoms with Crippen molar-refractivity contribution in [3.8, 4) is 0 Å². The molecule has 7 nitrogen and oxygen atoms in total. The first kappa shape index (κ1) is 22.5. The quantitative estimate of drug-likeness (QED) is 0.623. The third-order valence-electron chi connectivity index (χ3n) is 5.66. The number of benzene rings is 1. The number of carbonyl (C=O) groups excluding carboxylic acids is 1. The van der Waals surface area contributed by atoms with Crippen molar-refractivity contribution in [1.29, 1.82) is 0 Å². The fourth-order valence-corrected chi connectivity index (χ4v) is 4.80. The Morgan fingerprint density at radius 2 is 2.00 bits per heavy atom. The summed E-state index contributed by atoms with van der Waals surface area (Å²) in [5.41, 5.74) is 2.04. The molecule has 2 aromatic rings. The maximum atomic E-state index is 12.6. The first-order valence-electron chi connectivity index (χ1n) is 10.6. The van der Waals surface area contributed by atoms with Gasteiger partial charge in [0, 0.05) is 38.1 Å². The fraction of sp³-hybridized carbons (Fsp3) is 0.545. The van der Waals surface area contributed by atoms with E-state index in [1.807, 2.05) is 34.9 Å². The molecular formula is C22H32N4O3S. The minimum absolute atomic E-state index is 0.0246. The molecule has 3 rings (SSSR count). The van der Waals surface area contributed by atoms with E-state index in [1.54, 1.807) is 13.1 Å². The Morgan fingerprint density at radius 1 is 1.27 bits per heavy atom. The van der Waals surface area contributed by atoms with Crippen molar-refractivity contribution in [3.63, 3.8) is 0 Å². The molecule has 0 radical (unpaired) electrons. The van der Waals surface area contributed by atoms with Gasteiger partial charge in [-0.05, 0) is 32.3 Å². The van der Waals surface area contributed by atoms with Crippen LogP contribution in [0.15, 0.2) is 41.7 Å². The van der Waals surface area contributed by atoms with Crippen molar-refractivity contribution in [2.24, 2.45) is 0 Å². The van der Waals surface area contributed by atoms with Crippen molar-refractivity contribution < 1.29 is 13.2 Å². The maximum Gasteiger partial charge on any atom is 0.227 e. The molecule has 164 valence electrons. The highest BCUT2D eigenvalue weighted by atomic mass is 32.2. The lowest BCUT2D eigenvalue weighted by molar-refractivity contribution is -0.119. The largest absolute Gasteiger partial charge is 0.352 e. The lowest BCUT2D eigenvalue weighted by Crippen LogP contribution is -2.42. The molecule has 1 aromatic carbocycles. The van der Waals surface area contributed by atoms with Gasteiger partial charge in [0.25, 0.3) is 0 Å². The molecule has 1 aliphatic rings. The highest BCUT2D eigenvalue weighted by molar-refractivity contribution is 7.91. The predicted octanol–water partition coefficient (Wildman–Crippen LogP) is 2.41. The molecule has 0 spiro atoms. The number of imidazole rings is 1. The number of aryl methyl sites for hydroxylation is 1. The van der Waals surface area contributed by atoms with E-state index < -0.39 is 9.84 Å². The van der Waals surface area contributed by atoms with Gasteiger partial charge in [-0.15, -0.1) is 0 Å². The van der Waals surface area contributed by atoms with E-state index in [0.717, 1.165) is 30.6 Å². The average Bonchev–Trinajstić information content (AvgIpc) is 3.32. The van der Waals surface area contributed by atoms with Crippen molar-refractivity contribution in [2.75, 3.05) is 12.3 Å². The highest BCUT2D eigenvalue weighted by Crippen LogP contribution is 2.19. The number of amides is 1. The molecule has 0 bridgehead atoms. The van der Waals surface area contributed by atoms with Gasteiger partial charge < -0.3 is 9.88 Å². The molecule has 1 N–H and O–H groups in total.